The van der Waals surface area contributed by atoms with Crippen LogP contribution in [0.4, 0.5) is 32.2 Å². The minimum absolute atomic E-state index is 0.0668. The van der Waals surface area contributed by atoms with Crippen LogP contribution in [-0.4, -0.2) is 66.6 Å². The Kier molecular flexibility index (Phi) is 6.79. The van der Waals surface area contributed by atoms with Gasteiger partial charge in [-0.05, 0) is 26.0 Å². The number of nitrogens with one attached hydrogen (secondary N) is 1. The Bertz CT molecular complexity index is 1690. The van der Waals surface area contributed by atoms with Crippen LogP contribution in [0, 0.1) is 25.5 Å². The largest absolute Gasteiger partial charge is 0.418 e. The third-order valence-corrected chi connectivity index (χ3v) is 6.73. The van der Waals surface area contributed by atoms with Crippen LogP contribution in [0.25, 0.3) is 16.8 Å². The van der Waals surface area contributed by atoms with E-state index in [-0.39, 0.29) is 28.2 Å². The molecule has 5 heterocycles. The SMILES string of the molecule is Cc1nc(C)c(-c2cc(C(F)(F)F)c3c(N)ncnn23)cc1C(=O)N[C@@H]1CN(C(=O)c2c(F)cncc2F)C[C@@H]1F. The van der Waals surface area contributed by atoms with Crippen LogP contribution >= 0.6 is 0 Å². The standard InChI is InChI=1S/C25H20F6N8O2/c1-10-12(19-4-14(25(29,30)31)21-22(32)34-9-35-39(19)21)3-13(11(2)36-10)23(40)37-18-8-38(7-17(18)28)24(41)20-15(26)5-33-6-16(20)27/h3-6,9,17-18H,7-8H2,1-2H3,(H,37,40)(H2,32,34,35)/t17-,18+/m0/s1. The fourth-order valence-corrected chi connectivity index (χ4v) is 4.78. The normalized spacial score (nSPS) is 17.3. The Morgan fingerprint density at radius 3 is 2.41 bits per heavy atom. The number of fused-ring (bicyclic) bond motifs is 1. The molecule has 0 spiro atoms. The number of hydrogen-bond donors (Lipinski definition) is 2. The Morgan fingerprint density at radius 1 is 1.07 bits per heavy atom. The Labute approximate surface area is 227 Å². The van der Waals surface area contributed by atoms with Crippen LogP contribution in [0.2, 0.25) is 0 Å². The molecule has 16 heteroatoms. The van der Waals surface area contributed by atoms with Gasteiger partial charge < -0.3 is 16.0 Å². The predicted octanol–water partition coefficient (Wildman–Crippen LogP) is 3.27. The molecule has 1 saturated heterocycles. The first kappa shape index (κ1) is 27.8. The molecule has 41 heavy (non-hydrogen) atoms. The number of aromatic nitrogens is 5. The Hall–Kier alpha value is -4.76. The minimum Gasteiger partial charge on any atom is -0.382 e. The fourth-order valence-electron chi connectivity index (χ4n) is 4.78. The van der Waals surface area contributed by atoms with Crippen LogP contribution in [0.5, 0.6) is 0 Å². The van der Waals surface area contributed by atoms with Gasteiger partial charge in [0, 0.05) is 17.8 Å². The number of amides is 2. The zero-order valence-electron chi connectivity index (χ0n) is 21.3. The van der Waals surface area contributed by atoms with Crippen LogP contribution in [0.15, 0.2) is 30.9 Å². The van der Waals surface area contributed by atoms with Crippen molar-refractivity contribution in [3.05, 3.63) is 70.6 Å². The van der Waals surface area contributed by atoms with Gasteiger partial charge in [0.25, 0.3) is 11.8 Å². The van der Waals surface area contributed by atoms with E-state index in [1.807, 2.05) is 0 Å². The molecule has 0 saturated carbocycles. The second-order valence-corrected chi connectivity index (χ2v) is 9.39. The van der Waals surface area contributed by atoms with Gasteiger partial charge in [-0.3, -0.25) is 19.6 Å². The van der Waals surface area contributed by atoms with E-state index in [0.717, 1.165) is 21.8 Å². The molecule has 214 valence electrons. The summed E-state index contributed by atoms with van der Waals surface area (Å²) in [6.45, 7) is 2.07. The first-order chi connectivity index (χ1) is 19.3. The number of aryl methyl sites for hydroxylation is 2. The summed E-state index contributed by atoms with van der Waals surface area (Å²) >= 11 is 0. The molecular weight excluding hydrogens is 558 g/mol. The molecule has 0 radical (unpaired) electrons. The van der Waals surface area contributed by atoms with Gasteiger partial charge in [-0.15, -0.1) is 0 Å². The fraction of sp³-hybridized carbons (Fsp3) is 0.280. The summed E-state index contributed by atoms with van der Waals surface area (Å²) in [6.07, 6.45) is -4.30. The highest BCUT2D eigenvalue weighted by molar-refractivity contribution is 5.98. The summed E-state index contributed by atoms with van der Waals surface area (Å²) in [4.78, 5) is 38.0. The van der Waals surface area contributed by atoms with Gasteiger partial charge in [0.05, 0.1) is 47.5 Å². The van der Waals surface area contributed by atoms with Gasteiger partial charge in [-0.2, -0.15) is 18.3 Å². The molecule has 1 aliphatic heterocycles. The van der Waals surface area contributed by atoms with E-state index in [0.29, 0.717) is 12.4 Å². The van der Waals surface area contributed by atoms with E-state index in [1.54, 1.807) is 0 Å². The van der Waals surface area contributed by atoms with Crippen LogP contribution in [0.3, 0.4) is 0 Å². The van der Waals surface area contributed by atoms with Crippen molar-refractivity contribution in [1.82, 2.24) is 34.8 Å². The van der Waals surface area contributed by atoms with Gasteiger partial charge >= 0.3 is 6.18 Å². The number of carbonyl (C=O) groups is 2. The van der Waals surface area contributed by atoms with E-state index in [1.165, 1.54) is 19.9 Å². The summed E-state index contributed by atoms with van der Waals surface area (Å²) < 4.78 is 85.2. The van der Waals surface area contributed by atoms with E-state index in [9.17, 15) is 35.9 Å². The zero-order valence-corrected chi connectivity index (χ0v) is 21.3. The second-order valence-electron chi connectivity index (χ2n) is 9.39. The lowest BCUT2D eigenvalue weighted by Gasteiger charge is -2.18. The van der Waals surface area contributed by atoms with E-state index < -0.39 is 77.4 Å². The molecule has 0 aliphatic carbocycles. The molecule has 4 aromatic heterocycles. The molecular formula is C25H20F6N8O2. The van der Waals surface area contributed by atoms with Crippen LogP contribution < -0.4 is 11.1 Å². The highest BCUT2D eigenvalue weighted by Crippen LogP contribution is 2.39. The summed E-state index contributed by atoms with van der Waals surface area (Å²) in [6, 6.07) is 0.860. The van der Waals surface area contributed by atoms with Crippen molar-refractivity contribution in [2.75, 3.05) is 18.8 Å². The Balaban J connectivity index is 1.45. The maximum absolute atomic E-state index is 14.9. The van der Waals surface area contributed by atoms with Crippen molar-refractivity contribution in [1.29, 1.82) is 0 Å². The first-order valence-electron chi connectivity index (χ1n) is 12.0. The lowest BCUT2D eigenvalue weighted by atomic mass is 10.0. The molecule has 0 bridgehead atoms. The summed E-state index contributed by atoms with van der Waals surface area (Å²) in [5.41, 5.74) is 3.69. The molecule has 2 amide bonds. The second kappa shape index (κ2) is 10.0. The monoisotopic (exact) mass is 578 g/mol. The number of rotatable bonds is 4. The number of anilines is 1. The number of nitrogens with two attached hydrogens (primary N) is 1. The number of nitrogens with zero attached hydrogens (tertiary/aromatic N) is 6. The maximum Gasteiger partial charge on any atom is 0.418 e. The van der Waals surface area contributed by atoms with Crippen LogP contribution in [-0.2, 0) is 6.18 Å². The van der Waals surface area contributed by atoms with Crippen molar-refractivity contribution in [3.63, 3.8) is 0 Å². The molecule has 3 N–H and O–H groups in total. The highest BCUT2D eigenvalue weighted by atomic mass is 19.4. The number of likely N-dealkylation sites (tertiary alicyclic amines) is 1. The molecule has 0 aromatic carbocycles. The number of alkyl halides is 4. The molecule has 10 nitrogen and oxygen atoms in total. The van der Waals surface area contributed by atoms with Crippen LogP contribution in [0.1, 0.15) is 37.7 Å². The number of halogens is 6. The number of carbonyl (C=O) groups excluding carboxylic acids is 2. The topological polar surface area (TPSA) is 131 Å². The lowest BCUT2D eigenvalue weighted by molar-refractivity contribution is -0.136. The van der Waals surface area contributed by atoms with E-state index >= 15 is 0 Å². The third-order valence-electron chi connectivity index (χ3n) is 6.73. The van der Waals surface area contributed by atoms with Gasteiger partial charge in [-0.25, -0.2) is 22.7 Å². The molecule has 4 aromatic rings. The smallest absolute Gasteiger partial charge is 0.382 e. The first-order valence-corrected chi connectivity index (χ1v) is 12.0. The van der Waals surface area contributed by atoms with Gasteiger partial charge in [-0.1, -0.05) is 0 Å². The number of hydrogen-bond acceptors (Lipinski definition) is 7. The quantitative estimate of drug-likeness (QED) is 0.356. The average molecular weight is 578 g/mol. The van der Waals surface area contributed by atoms with E-state index in [2.05, 4.69) is 25.4 Å². The zero-order chi connectivity index (χ0) is 29.8. The minimum atomic E-state index is -4.79. The maximum atomic E-state index is 14.9. The molecule has 1 fully saturated rings. The summed E-state index contributed by atoms with van der Waals surface area (Å²) in [5.74, 6) is -4.78. The summed E-state index contributed by atoms with van der Waals surface area (Å²) in [5, 5.41) is 6.34. The van der Waals surface area contributed by atoms with Crippen molar-refractivity contribution in [2.45, 2.75) is 32.2 Å². The summed E-state index contributed by atoms with van der Waals surface area (Å²) in [7, 11) is 0. The third kappa shape index (κ3) is 4.89. The number of pyridine rings is 2. The van der Waals surface area contributed by atoms with Crippen molar-refractivity contribution in [2.24, 2.45) is 0 Å². The predicted molar refractivity (Wildman–Crippen MR) is 131 cm³/mol. The van der Waals surface area contributed by atoms with Crippen molar-refractivity contribution >= 4 is 23.1 Å². The lowest BCUT2D eigenvalue weighted by Crippen LogP contribution is -2.42. The molecule has 0 unspecified atom stereocenters. The van der Waals surface area contributed by atoms with Gasteiger partial charge in [0.2, 0.25) is 0 Å². The van der Waals surface area contributed by atoms with Gasteiger partial charge in [0.1, 0.15) is 23.6 Å². The highest BCUT2D eigenvalue weighted by Gasteiger charge is 2.39. The number of nitrogen functional groups attached to an aromatic ring is 1. The van der Waals surface area contributed by atoms with Crippen molar-refractivity contribution in [3.8, 4) is 11.3 Å². The molecule has 1 aliphatic rings. The Morgan fingerprint density at radius 2 is 1.76 bits per heavy atom. The molecule has 5 rings (SSSR count). The van der Waals surface area contributed by atoms with E-state index in [4.69, 9.17) is 5.73 Å². The average Bonchev–Trinajstić information content (AvgIpc) is 3.45. The van der Waals surface area contributed by atoms with Gasteiger partial charge in [0.15, 0.2) is 17.5 Å². The van der Waals surface area contributed by atoms with Crippen molar-refractivity contribution < 1.29 is 35.9 Å². The molecule has 2 atom stereocenters.